The molecule has 0 bridgehead atoms. The fourth-order valence-electron chi connectivity index (χ4n) is 1.42. The molecule has 0 fully saturated rings. The van der Waals surface area contributed by atoms with Crippen molar-refractivity contribution in [2.24, 2.45) is 0 Å². The maximum absolute atomic E-state index is 11.6. The lowest BCUT2D eigenvalue weighted by atomic mass is 10.2. The van der Waals surface area contributed by atoms with E-state index in [1.807, 2.05) is 13.0 Å². The maximum Gasteiger partial charge on any atom is 0.235 e. The summed E-state index contributed by atoms with van der Waals surface area (Å²) in [6.07, 6.45) is 3.20. The van der Waals surface area contributed by atoms with Crippen molar-refractivity contribution in [1.82, 2.24) is 9.62 Å². The standard InChI is InChI=1S/C11H18N2O4S/c1-9(7-10-5-4-6-17-10)12-11(14)8-13(2)18(3,15)16/h4-6,9H,7-8H2,1-3H3,(H,12,14)/t9-/m1/s1. The number of sulfonamides is 1. The molecule has 1 heterocycles. The van der Waals surface area contributed by atoms with Crippen molar-refractivity contribution in [3.05, 3.63) is 24.2 Å². The lowest BCUT2D eigenvalue weighted by molar-refractivity contribution is -0.121. The summed E-state index contributed by atoms with van der Waals surface area (Å²) in [5, 5.41) is 2.72. The molecule has 0 saturated carbocycles. The first-order valence-corrected chi connectivity index (χ1v) is 7.37. The van der Waals surface area contributed by atoms with Crippen LogP contribution in [0.2, 0.25) is 0 Å². The molecule has 7 heteroatoms. The van der Waals surface area contributed by atoms with Crippen LogP contribution in [0.15, 0.2) is 22.8 Å². The minimum atomic E-state index is -3.33. The van der Waals surface area contributed by atoms with Crippen molar-refractivity contribution in [2.75, 3.05) is 19.8 Å². The van der Waals surface area contributed by atoms with Gasteiger partial charge >= 0.3 is 0 Å². The molecule has 0 aliphatic heterocycles. The third-order valence-corrected chi connectivity index (χ3v) is 3.69. The van der Waals surface area contributed by atoms with Crippen molar-refractivity contribution in [3.8, 4) is 0 Å². The number of rotatable bonds is 6. The van der Waals surface area contributed by atoms with E-state index in [0.29, 0.717) is 6.42 Å². The Hall–Kier alpha value is -1.34. The second-order valence-electron chi connectivity index (χ2n) is 4.27. The SMILES string of the molecule is C[C@H](Cc1ccco1)NC(=O)CN(C)S(C)(=O)=O. The van der Waals surface area contributed by atoms with Gasteiger partial charge in [-0.3, -0.25) is 4.79 Å². The van der Waals surface area contributed by atoms with Gasteiger partial charge in [0, 0.05) is 19.5 Å². The molecular weight excluding hydrogens is 256 g/mol. The Balaban J connectivity index is 2.40. The first kappa shape index (κ1) is 14.7. The van der Waals surface area contributed by atoms with E-state index >= 15 is 0 Å². The van der Waals surface area contributed by atoms with Gasteiger partial charge < -0.3 is 9.73 Å². The highest BCUT2D eigenvalue weighted by Crippen LogP contribution is 2.03. The third-order valence-electron chi connectivity index (χ3n) is 2.43. The molecule has 1 amide bonds. The number of hydrogen-bond acceptors (Lipinski definition) is 4. The molecule has 1 N–H and O–H groups in total. The number of nitrogens with zero attached hydrogens (tertiary/aromatic N) is 1. The Morgan fingerprint density at radius 3 is 2.72 bits per heavy atom. The van der Waals surface area contributed by atoms with Crippen LogP contribution >= 0.6 is 0 Å². The fraction of sp³-hybridized carbons (Fsp3) is 0.545. The van der Waals surface area contributed by atoms with Crippen LogP contribution in [0.1, 0.15) is 12.7 Å². The van der Waals surface area contributed by atoms with Crippen molar-refractivity contribution in [2.45, 2.75) is 19.4 Å². The van der Waals surface area contributed by atoms with Gasteiger partial charge in [-0.05, 0) is 19.1 Å². The van der Waals surface area contributed by atoms with E-state index in [2.05, 4.69) is 5.32 Å². The predicted octanol–water partition coefficient (Wildman–Crippen LogP) is 0.218. The number of likely N-dealkylation sites (N-methyl/N-ethyl adjacent to an activating group) is 1. The van der Waals surface area contributed by atoms with Gasteiger partial charge in [-0.25, -0.2) is 8.42 Å². The van der Waals surface area contributed by atoms with E-state index in [4.69, 9.17) is 4.42 Å². The van der Waals surface area contributed by atoms with Crippen LogP contribution in [-0.2, 0) is 21.2 Å². The molecule has 1 aromatic heterocycles. The second-order valence-corrected chi connectivity index (χ2v) is 6.36. The first-order valence-electron chi connectivity index (χ1n) is 5.52. The summed E-state index contributed by atoms with van der Waals surface area (Å²) < 4.78 is 28.4. The van der Waals surface area contributed by atoms with Crippen LogP contribution in [0.3, 0.4) is 0 Å². The summed E-state index contributed by atoms with van der Waals surface area (Å²) in [6, 6.07) is 3.49. The predicted molar refractivity (Wildman–Crippen MR) is 67.5 cm³/mol. The first-order chi connectivity index (χ1) is 8.29. The van der Waals surface area contributed by atoms with E-state index in [1.54, 1.807) is 12.3 Å². The lowest BCUT2D eigenvalue weighted by Crippen LogP contribution is -2.42. The Morgan fingerprint density at radius 1 is 1.56 bits per heavy atom. The van der Waals surface area contributed by atoms with Gasteiger partial charge in [-0.15, -0.1) is 0 Å². The van der Waals surface area contributed by atoms with E-state index in [0.717, 1.165) is 16.3 Å². The molecule has 6 nitrogen and oxygen atoms in total. The number of furan rings is 1. The number of carbonyl (C=O) groups is 1. The van der Waals surface area contributed by atoms with E-state index in [1.165, 1.54) is 7.05 Å². The van der Waals surface area contributed by atoms with Crippen LogP contribution in [0.25, 0.3) is 0 Å². The van der Waals surface area contributed by atoms with Gasteiger partial charge in [0.2, 0.25) is 15.9 Å². The van der Waals surface area contributed by atoms with E-state index in [9.17, 15) is 13.2 Å². The van der Waals surface area contributed by atoms with Crippen LogP contribution in [0, 0.1) is 0 Å². The monoisotopic (exact) mass is 274 g/mol. The number of hydrogen-bond donors (Lipinski definition) is 1. The van der Waals surface area contributed by atoms with Gasteiger partial charge in [-0.2, -0.15) is 4.31 Å². The van der Waals surface area contributed by atoms with Gasteiger partial charge in [0.15, 0.2) is 0 Å². The summed E-state index contributed by atoms with van der Waals surface area (Å²) in [4.78, 5) is 11.6. The highest BCUT2D eigenvalue weighted by atomic mass is 32.2. The summed E-state index contributed by atoms with van der Waals surface area (Å²) in [6.45, 7) is 1.65. The Morgan fingerprint density at radius 2 is 2.22 bits per heavy atom. The van der Waals surface area contributed by atoms with Crippen LogP contribution in [0.4, 0.5) is 0 Å². The smallest absolute Gasteiger partial charge is 0.235 e. The zero-order valence-electron chi connectivity index (χ0n) is 10.7. The van der Waals surface area contributed by atoms with E-state index in [-0.39, 0.29) is 18.5 Å². The summed E-state index contributed by atoms with van der Waals surface area (Å²) >= 11 is 0. The van der Waals surface area contributed by atoms with Crippen LogP contribution in [-0.4, -0.2) is 44.5 Å². The third kappa shape index (κ3) is 4.89. The number of carbonyl (C=O) groups excluding carboxylic acids is 1. The molecule has 0 aromatic carbocycles. The summed E-state index contributed by atoms with van der Waals surface area (Å²) in [7, 11) is -1.96. The molecule has 0 radical (unpaired) electrons. The largest absolute Gasteiger partial charge is 0.469 e. The van der Waals surface area contributed by atoms with Gasteiger partial charge in [0.25, 0.3) is 0 Å². The summed E-state index contributed by atoms with van der Waals surface area (Å²) in [5.41, 5.74) is 0. The maximum atomic E-state index is 11.6. The molecule has 0 spiro atoms. The highest BCUT2D eigenvalue weighted by molar-refractivity contribution is 7.88. The van der Waals surface area contributed by atoms with Crippen molar-refractivity contribution in [3.63, 3.8) is 0 Å². The molecule has 0 saturated heterocycles. The normalized spacial score (nSPS) is 13.6. The Kier molecular flexibility index (Phi) is 4.92. The topological polar surface area (TPSA) is 79.6 Å². The van der Waals surface area contributed by atoms with E-state index < -0.39 is 10.0 Å². The average Bonchev–Trinajstić information content (AvgIpc) is 2.67. The van der Waals surface area contributed by atoms with Crippen molar-refractivity contribution in [1.29, 1.82) is 0 Å². The van der Waals surface area contributed by atoms with Crippen molar-refractivity contribution >= 4 is 15.9 Å². The summed E-state index contributed by atoms with van der Waals surface area (Å²) in [5.74, 6) is 0.446. The molecule has 0 aliphatic rings. The molecular formula is C11H18N2O4S. The van der Waals surface area contributed by atoms with Gasteiger partial charge in [0.1, 0.15) is 5.76 Å². The molecule has 1 aromatic rings. The van der Waals surface area contributed by atoms with Gasteiger partial charge in [-0.1, -0.05) is 0 Å². The number of nitrogens with one attached hydrogen (secondary N) is 1. The molecule has 0 unspecified atom stereocenters. The fourth-order valence-corrected chi connectivity index (χ4v) is 1.77. The second kappa shape index (κ2) is 6.01. The Bertz CT molecular complexity index is 481. The van der Waals surface area contributed by atoms with Crippen molar-refractivity contribution < 1.29 is 17.6 Å². The van der Waals surface area contributed by atoms with Crippen LogP contribution < -0.4 is 5.32 Å². The average molecular weight is 274 g/mol. The Labute approximate surface area is 107 Å². The molecule has 1 rings (SSSR count). The number of amides is 1. The van der Waals surface area contributed by atoms with Gasteiger partial charge in [0.05, 0.1) is 19.1 Å². The zero-order valence-corrected chi connectivity index (χ0v) is 11.5. The highest BCUT2D eigenvalue weighted by Gasteiger charge is 2.16. The minimum absolute atomic E-state index is 0.114. The molecule has 1 atom stereocenters. The molecule has 18 heavy (non-hydrogen) atoms. The zero-order chi connectivity index (χ0) is 13.8. The van der Waals surface area contributed by atoms with Crippen LogP contribution in [0.5, 0.6) is 0 Å². The lowest BCUT2D eigenvalue weighted by Gasteiger charge is -2.16. The minimum Gasteiger partial charge on any atom is -0.469 e. The molecule has 0 aliphatic carbocycles. The quantitative estimate of drug-likeness (QED) is 0.804. The molecule has 102 valence electrons.